The molecule has 16 heavy (non-hydrogen) atoms. The predicted octanol–water partition coefficient (Wildman–Crippen LogP) is -1.89. The second-order valence-electron chi connectivity index (χ2n) is 4.62. The quantitative estimate of drug-likeness (QED) is 0.156. The number of oxime groups is 1. The van der Waals surface area contributed by atoms with Gasteiger partial charge in [-0.25, -0.2) is 0 Å². The van der Waals surface area contributed by atoms with Gasteiger partial charge in [0.1, 0.15) is 6.04 Å². The first-order valence-electron chi connectivity index (χ1n) is 5.62. The second-order valence-corrected chi connectivity index (χ2v) is 4.62. The van der Waals surface area contributed by atoms with Crippen molar-refractivity contribution in [1.29, 1.82) is 0 Å². The molecular formula is C9H19N5O2. The van der Waals surface area contributed by atoms with Gasteiger partial charge in [0.05, 0.1) is 11.8 Å². The van der Waals surface area contributed by atoms with Crippen molar-refractivity contribution in [3.8, 4) is 0 Å². The van der Waals surface area contributed by atoms with Crippen LogP contribution in [0.15, 0.2) is 5.16 Å². The molecule has 0 aromatic rings. The van der Waals surface area contributed by atoms with Gasteiger partial charge in [0, 0.05) is 12.3 Å². The zero-order valence-electron chi connectivity index (χ0n) is 9.31. The van der Waals surface area contributed by atoms with Crippen LogP contribution in [0.5, 0.6) is 0 Å². The first-order chi connectivity index (χ1) is 7.61. The Balaban J connectivity index is 2.03. The molecule has 0 spiro atoms. The summed E-state index contributed by atoms with van der Waals surface area (Å²) >= 11 is 0. The van der Waals surface area contributed by atoms with Crippen LogP contribution in [0, 0.1) is 11.1 Å². The van der Waals surface area contributed by atoms with E-state index in [0.29, 0.717) is 5.71 Å². The molecule has 0 bridgehead atoms. The van der Waals surface area contributed by atoms with Crippen molar-refractivity contribution in [3.63, 3.8) is 0 Å². The molecule has 6 N–H and O–H groups in total. The molecule has 92 valence electrons. The maximum Gasteiger partial charge on any atom is 0.156 e. The summed E-state index contributed by atoms with van der Waals surface area (Å²) in [5, 5.41) is 26.9. The summed E-state index contributed by atoms with van der Waals surface area (Å²) < 4.78 is 0. The summed E-state index contributed by atoms with van der Waals surface area (Å²) in [6.07, 6.45) is 2.12. The van der Waals surface area contributed by atoms with Gasteiger partial charge in [-0.3, -0.25) is 16.2 Å². The minimum Gasteiger partial charge on any atom is -0.613 e. The Kier molecular flexibility index (Phi) is 3.41. The monoisotopic (exact) mass is 229 g/mol. The Hall–Kier alpha value is -0.730. The van der Waals surface area contributed by atoms with E-state index in [0.717, 1.165) is 19.3 Å². The van der Waals surface area contributed by atoms with E-state index < -0.39 is 6.29 Å². The van der Waals surface area contributed by atoms with E-state index >= 15 is 0 Å². The Labute approximate surface area is 94.2 Å². The van der Waals surface area contributed by atoms with Crippen molar-refractivity contribution < 1.29 is 10.4 Å². The Morgan fingerprint density at radius 2 is 2.31 bits per heavy atom. The Morgan fingerprint density at radius 1 is 1.56 bits per heavy atom. The number of nitrogens with zero attached hydrogens (tertiary/aromatic N) is 1. The van der Waals surface area contributed by atoms with Crippen LogP contribution in [0.2, 0.25) is 0 Å². The molecule has 0 aromatic heterocycles. The maximum atomic E-state index is 11.8. The van der Waals surface area contributed by atoms with Crippen LogP contribution in [0.3, 0.4) is 0 Å². The van der Waals surface area contributed by atoms with Gasteiger partial charge in [0.2, 0.25) is 0 Å². The highest BCUT2D eigenvalue weighted by Gasteiger charge is 2.40. The van der Waals surface area contributed by atoms with E-state index in [1.54, 1.807) is 6.92 Å². The fraction of sp³-hybridized carbons (Fsp3) is 0.889. The van der Waals surface area contributed by atoms with Crippen molar-refractivity contribution in [2.24, 2.45) is 16.8 Å². The van der Waals surface area contributed by atoms with Crippen LogP contribution in [-0.4, -0.2) is 29.3 Å². The molecule has 1 saturated carbocycles. The molecule has 1 heterocycles. The number of rotatable bonds is 1. The van der Waals surface area contributed by atoms with Gasteiger partial charge >= 0.3 is 0 Å². The third-order valence-corrected chi connectivity index (χ3v) is 3.63. The zero-order chi connectivity index (χ0) is 11.7. The number of fused-ring (bicyclic) bond motifs is 1. The lowest BCUT2D eigenvalue weighted by Gasteiger charge is -2.47. The molecule has 1 aliphatic carbocycles. The lowest BCUT2D eigenvalue weighted by molar-refractivity contribution is -0.934. The lowest BCUT2D eigenvalue weighted by atomic mass is 9.80. The van der Waals surface area contributed by atoms with Crippen molar-refractivity contribution in [2.45, 2.75) is 44.6 Å². The number of quaternary nitrogens is 1. The zero-order valence-corrected chi connectivity index (χ0v) is 9.31. The van der Waals surface area contributed by atoms with Crippen LogP contribution in [0.1, 0.15) is 26.2 Å². The van der Waals surface area contributed by atoms with E-state index in [4.69, 9.17) is 10.9 Å². The van der Waals surface area contributed by atoms with Gasteiger partial charge in [-0.05, 0) is 19.8 Å². The largest absolute Gasteiger partial charge is 0.613 e. The lowest BCUT2D eigenvalue weighted by Crippen LogP contribution is -3.23. The minimum atomic E-state index is -0.432. The molecule has 7 heteroatoms. The average molecular weight is 229 g/mol. The highest BCUT2D eigenvalue weighted by Crippen LogP contribution is 2.25. The summed E-state index contributed by atoms with van der Waals surface area (Å²) in [6, 6.07) is 0.0988. The van der Waals surface area contributed by atoms with Gasteiger partial charge in [-0.2, -0.15) is 0 Å². The fourth-order valence-corrected chi connectivity index (χ4v) is 2.65. The van der Waals surface area contributed by atoms with Gasteiger partial charge in [0.25, 0.3) is 0 Å². The molecule has 2 aliphatic rings. The van der Waals surface area contributed by atoms with E-state index in [2.05, 4.69) is 15.9 Å². The average Bonchev–Trinajstić information content (AvgIpc) is 2.27. The molecule has 2 fully saturated rings. The molecule has 2 rings (SSSR count). The van der Waals surface area contributed by atoms with E-state index in [1.165, 1.54) is 0 Å². The Morgan fingerprint density at radius 3 is 3.00 bits per heavy atom. The predicted molar refractivity (Wildman–Crippen MR) is 58.4 cm³/mol. The minimum absolute atomic E-state index is 0.00619. The smallest absolute Gasteiger partial charge is 0.156 e. The van der Waals surface area contributed by atoms with Gasteiger partial charge in [0.15, 0.2) is 6.29 Å². The van der Waals surface area contributed by atoms with E-state index in [-0.39, 0.29) is 23.2 Å². The summed E-state index contributed by atoms with van der Waals surface area (Å²) in [5.74, 6) is 0.202. The number of hydrogen-bond donors (Lipinski definition) is 5. The van der Waals surface area contributed by atoms with E-state index in [9.17, 15) is 5.21 Å². The van der Waals surface area contributed by atoms with Crippen LogP contribution in [0.25, 0.3) is 0 Å². The summed E-state index contributed by atoms with van der Waals surface area (Å²) in [5.41, 5.74) is 9.04. The van der Waals surface area contributed by atoms with Crippen LogP contribution in [0.4, 0.5) is 0 Å². The molecule has 1 saturated heterocycles. The molecular weight excluding hydrogens is 210 g/mol. The van der Waals surface area contributed by atoms with Gasteiger partial charge < -0.3 is 10.4 Å². The molecule has 0 aromatic carbocycles. The third-order valence-electron chi connectivity index (χ3n) is 3.63. The molecule has 7 nitrogen and oxygen atoms in total. The van der Waals surface area contributed by atoms with Crippen LogP contribution >= 0.6 is 0 Å². The Bertz CT molecular complexity index is 285. The topological polar surface area (TPSA) is 110 Å². The SMILES string of the molecule is C/C(=N/O)C1CCC2NC(N)N[NH+]([O-])C2C1. The van der Waals surface area contributed by atoms with E-state index in [1.807, 2.05) is 0 Å². The maximum absolute atomic E-state index is 11.8. The van der Waals surface area contributed by atoms with Crippen molar-refractivity contribution in [3.05, 3.63) is 5.21 Å². The number of nitrogens with two attached hydrogens (primary N) is 1. The van der Waals surface area contributed by atoms with Crippen LogP contribution in [-0.2, 0) is 0 Å². The molecule has 5 unspecified atom stereocenters. The highest BCUT2D eigenvalue weighted by atomic mass is 16.5. The van der Waals surface area contributed by atoms with Crippen molar-refractivity contribution in [1.82, 2.24) is 10.7 Å². The number of nitrogens with one attached hydrogen (secondary N) is 3. The first-order valence-corrected chi connectivity index (χ1v) is 5.62. The third kappa shape index (κ3) is 2.18. The van der Waals surface area contributed by atoms with Crippen molar-refractivity contribution >= 4 is 5.71 Å². The van der Waals surface area contributed by atoms with Crippen molar-refractivity contribution in [2.75, 3.05) is 0 Å². The molecule has 1 aliphatic heterocycles. The van der Waals surface area contributed by atoms with Crippen LogP contribution < -0.4 is 21.6 Å². The summed E-state index contributed by atoms with van der Waals surface area (Å²) in [6.45, 7) is 1.80. The summed E-state index contributed by atoms with van der Waals surface area (Å²) in [7, 11) is 0. The first kappa shape index (κ1) is 11.7. The molecule has 5 atom stereocenters. The standard InChI is InChI=1S/C9H19N5O2/c1-5(13-15)6-2-3-7-8(4-6)14(16)12-9(10)11-7/h6-9,11-12,14-15H,2-4,10H2,1H3/b13-5-. The second kappa shape index (κ2) is 4.64. The van der Waals surface area contributed by atoms with Gasteiger partial charge in [-0.15, -0.1) is 5.43 Å². The van der Waals surface area contributed by atoms with Gasteiger partial charge in [-0.1, -0.05) is 5.16 Å². The molecule has 0 amide bonds. The number of hydrogen-bond acceptors (Lipinski definition) is 6. The normalized spacial score (nSPS) is 45.2. The fourth-order valence-electron chi connectivity index (χ4n) is 2.65. The molecule has 0 radical (unpaired) electrons. The number of hydroxylamine groups is 1. The highest BCUT2D eigenvalue weighted by molar-refractivity contribution is 5.83. The summed E-state index contributed by atoms with van der Waals surface area (Å²) in [4.78, 5) is 0.